The molecule has 3 rings (SSSR count). The fraction of sp³-hybridized carbons (Fsp3) is 0.857. The number of rotatable bonds is 0. The second-order valence-electron chi connectivity index (χ2n) is 6.14. The Morgan fingerprint density at radius 1 is 1.10 bits per heavy atom. The maximum Gasteiger partial charge on any atom is 0.312 e. The Hall–Kier alpha value is -1.14. The van der Waals surface area contributed by atoms with Crippen LogP contribution in [-0.2, 0) is 14.3 Å². The highest BCUT2D eigenvalue weighted by atomic mass is 16.5. The summed E-state index contributed by atoms with van der Waals surface area (Å²) in [5, 5.41) is 0. The van der Waals surface area contributed by atoms with Gasteiger partial charge < -0.3 is 20.3 Å². The number of ether oxygens (including phenoxy) is 1. The first-order valence-corrected chi connectivity index (χ1v) is 7.62. The summed E-state index contributed by atoms with van der Waals surface area (Å²) in [6.07, 6.45) is 4.89. The van der Waals surface area contributed by atoms with Crippen molar-refractivity contribution in [3.8, 4) is 0 Å². The first-order valence-electron chi connectivity index (χ1n) is 7.62. The van der Waals surface area contributed by atoms with Crippen molar-refractivity contribution in [1.82, 2.24) is 9.80 Å². The molecule has 0 aliphatic carbocycles. The maximum atomic E-state index is 12.4. The van der Waals surface area contributed by atoms with Gasteiger partial charge in [0.15, 0.2) is 0 Å². The molecule has 3 fully saturated rings. The quantitative estimate of drug-likeness (QED) is 0.619. The number of likely N-dealkylation sites (tertiary alicyclic amines) is 2. The Labute approximate surface area is 119 Å². The zero-order valence-electron chi connectivity index (χ0n) is 11.8. The molecule has 0 radical (unpaired) electrons. The molecular formula is C14H23N3O3. The summed E-state index contributed by atoms with van der Waals surface area (Å²) in [5.74, 6) is -0.749. The molecule has 2 amide bonds. The Morgan fingerprint density at radius 3 is 2.80 bits per heavy atom. The zero-order valence-corrected chi connectivity index (χ0v) is 11.8. The predicted molar refractivity (Wildman–Crippen MR) is 72.9 cm³/mol. The Morgan fingerprint density at radius 2 is 1.95 bits per heavy atom. The van der Waals surface area contributed by atoms with E-state index in [0.717, 1.165) is 32.1 Å². The summed E-state index contributed by atoms with van der Waals surface area (Å²) in [6, 6.07) is 0.0839. The van der Waals surface area contributed by atoms with Crippen molar-refractivity contribution >= 4 is 11.8 Å². The first-order chi connectivity index (χ1) is 9.65. The molecule has 6 heteroatoms. The Bertz CT molecular complexity index is 401. The van der Waals surface area contributed by atoms with Crippen LogP contribution in [0, 0.1) is 0 Å². The minimum atomic E-state index is -0.382. The van der Waals surface area contributed by atoms with Crippen molar-refractivity contribution in [1.29, 1.82) is 0 Å². The SMILES string of the molecule is NC1CCCCN(C(=O)C(=O)N2CCC3CC2CO3)C1. The van der Waals surface area contributed by atoms with Gasteiger partial charge >= 0.3 is 11.8 Å². The average Bonchev–Trinajstić information content (AvgIpc) is 2.68. The number of hydrogen-bond acceptors (Lipinski definition) is 4. The van der Waals surface area contributed by atoms with Gasteiger partial charge in [-0.05, 0) is 25.7 Å². The van der Waals surface area contributed by atoms with Gasteiger partial charge in [-0.1, -0.05) is 6.42 Å². The van der Waals surface area contributed by atoms with E-state index < -0.39 is 0 Å². The van der Waals surface area contributed by atoms with E-state index in [2.05, 4.69) is 0 Å². The molecule has 0 saturated carbocycles. The van der Waals surface area contributed by atoms with Crippen LogP contribution in [0.4, 0.5) is 0 Å². The molecule has 3 unspecified atom stereocenters. The molecule has 0 aromatic heterocycles. The third-order valence-electron chi connectivity index (χ3n) is 4.63. The van der Waals surface area contributed by atoms with Crippen LogP contribution in [0.1, 0.15) is 32.1 Å². The van der Waals surface area contributed by atoms with Gasteiger partial charge in [-0.2, -0.15) is 0 Å². The summed E-state index contributed by atoms with van der Waals surface area (Å²) < 4.78 is 5.58. The summed E-state index contributed by atoms with van der Waals surface area (Å²) in [6.45, 7) is 2.36. The number of hydrogen-bond donors (Lipinski definition) is 1. The van der Waals surface area contributed by atoms with E-state index in [1.165, 1.54) is 0 Å². The minimum Gasteiger partial charge on any atom is -0.376 e. The Kier molecular flexibility index (Phi) is 3.94. The minimum absolute atomic E-state index is 0.00481. The topological polar surface area (TPSA) is 75.9 Å². The summed E-state index contributed by atoms with van der Waals surface area (Å²) in [7, 11) is 0. The van der Waals surface area contributed by atoms with Crippen LogP contribution in [0.5, 0.6) is 0 Å². The van der Waals surface area contributed by atoms with E-state index in [0.29, 0.717) is 26.2 Å². The second-order valence-corrected chi connectivity index (χ2v) is 6.14. The molecule has 3 aliphatic heterocycles. The van der Waals surface area contributed by atoms with E-state index in [1.54, 1.807) is 9.80 Å². The lowest BCUT2D eigenvalue weighted by Crippen LogP contribution is -2.53. The Balaban J connectivity index is 1.65. The maximum absolute atomic E-state index is 12.4. The molecule has 3 aliphatic rings. The van der Waals surface area contributed by atoms with Crippen LogP contribution in [0.3, 0.4) is 0 Å². The number of nitrogens with zero attached hydrogens (tertiary/aromatic N) is 2. The third kappa shape index (κ3) is 2.67. The van der Waals surface area contributed by atoms with Gasteiger partial charge in [-0.15, -0.1) is 0 Å². The number of carbonyl (C=O) groups excluding carboxylic acids is 2. The van der Waals surface area contributed by atoms with Crippen molar-refractivity contribution in [2.75, 3.05) is 26.2 Å². The molecule has 3 saturated heterocycles. The molecule has 112 valence electrons. The lowest BCUT2D eigenvalue weighted by atomic mass is 10.0. The predicted octanol–water partition coefficient (Wildman–Crippen LogP) is -0.284. The highest BCUT2D eigenvalue weighted by molar-refractivity contribution is 6.35. The highest BCUT2D eigenvalue weighted by Gasteiger charge is 2.40. The average molecular weight is 281 g/mol. The highest BCUT2D eigenvalue weighted by Crippen LogP contribution is 2.27. The molecule has 3 atom stereocenters. The van der Waals surface area contributed by atoms with E-state index >= 15 is 0 Å². The van der Waals surface area contributed by atoms with Crippen molar-refractivity contribution in [2.45, 2.75) is 50.3 Å². The molecule has 6 nitrogen and oxygen atoms in total. The van der Waals surface area contributed by atoms with Gasteiger partial charge in [0.1, 0.15) is 0 Å². The standard InChI is InChI=1S/C14H23N3O3/c15-10-3-1-2-5-16(8-10)13(18)14(19)17-6-4-12-7-11(17)9-20-12/h10-12H,1-9,15H2. The summed E-state index contributed by atoms with van der Waals surface area (Å²) >= 11 is 0. The summed E-state index contributed by atoms with van der Waals surface area (Å²) in [5.41, 5.74) is 5.96. The zero-order chi connectivity index (χ0) is 14.1. The molecule has 2 bridgehead atoms. The second kappa shape index (κ2) is 5.69. The number of piperidine rings is 1. The van der Waals surface area contributed by atoms with Crippen LogP contribution in [0.25, 0.3) is 0 Å². The number of fused-ring (bicyclic) bond motifs is 2. The fourth-order valence-corrected chi connectivity index (χ4v) is 3.46. The van der Waals surface area contributed by atoms with E-state index in [4.69, 9.17) is 10.5 Å². The molecule has 20 heavy (non-hydrogen) atoms. The normalized spacial score (nSPS) is 34.0. The van der Waals surface area contributed by atoms with Gasteiger partial charge in [0.2, 0.25) is 0 Å². The molecule has 3 heterocycles. The molecule has 2 N–H and O–H groups in total. The molecule has 0 spiro atoms. The van der Waals surface area contributed by atoms with Crippen LogP contribution in [-0.4, -0.2) is 66.0 Å². The van der Waals surface area contributed by atoms with Gasteiger partial charge in [0.25, 0.3) is 0 Å². The lowest BCUT2D eigenvalue weighted by molar-refractivity contribution is -0.153. The monoisotopic (exact) mass is 281 g/mol. The first kappa shape index (κ1) is 13.8. The van der Waals surface area contributed by atoms with E-state index in [1.807, 2.05) is 0 Å². The number of nitrogens with two attached hydrogens (primary N) is 1. The van der Waals surface area contributed by atoms with Gasteiger partial charge in [-0.25, -0.2) is 0 Å². The van der Waals surface area contributed by atoms with Crippen LogP contribution < -0.4 is 5.73 Å². The number of carbonyl (C=O) groups is 2. The van der Waals surface area contributed by atoms with E-state index in [9.17, 15) is 9.59 Å². The largest absolute Gasteiger partial charge is 0.376 e. The molecule has 0 aromatic carbocycles. The van der Waals surface area contributed by atoms with Gasteiger partial charge in [-0.3, -0.25) is 9.59 Å². The van der Waals surface area contributed by atoms with Crippen LogP contribution in [0.2, 0.25) is 0 Å². The third-order valence-corrected chi connectivity index (χ3v) is 4.63. The lowest BCUT2D eigenvalue weighted by Gasteiger charge is -2.33. The van der Waals surface area contributed by atoms with Crippen molar-refractivity contribution < 1.29 is 14.3 Å². The van der Waals surface area contributed by atoms with Crippen LogP contribution >= 0.6 is 0 Å². The van der Waals surface area contributed by atoms with Gasteiger partial charge in [0, 0.05) is 25.7 Å². The van der Waals surface area contributed by atoms with Gasteiger partial charge in [0.05, 0.1) is 18.8 Å². The smallest absolute Gasteiger partial charge is 0.312 e. The van der Waals surface area contributed by atoms with Crippen molar-refractivity contribution in [3.05, 3.63) is 0 Å². The van der Waals surface area contributed by atoms with Crippen molar-refractivity contribution in [2.24, 2.45) is 5.73 Å². The van der Waals surface area contributed by atoms with Crippen LogP contribution in [0.15, 0.2) is 0 Å². The van der Waals surface area contributed by atoms with E-state index in [-0.39, 0.29) is 30.0 Å². The summed E-state index contributed by atoms with van der Waals surface area (Å²) in [4.78, 5) is 28.2. The number of amides is 2. The fourth-order valence-electron chi connectivity index (χ4n) is 3.46. The molecule has 0 aromatic rings. The molecular weight excluding hydrogens is 258 g/mol. The van der Waals surface area contributed by atoms with Crippen molar-refractivity contribution in [3.63, 3.8) is 0 Å².